The fourth-order valence-corrected chi connectivity index (χ4v) is 5.11. The third-order valence-electron chi connectivity index (χ3n) is 6.31. The average molecular weight is 339 g/mol. The number of aryl methyl sites for hydroxylation is 1. The highest BCUT2D eigenvalue weighted by Crippen LogP contribution is 2.45. The lowest BCUT2D eigenvalue weighted by Gasteiger charge is -2.23. The molecule has 4 rings (SSSR count). The van der Waals surface area contributed by atoms with Gasteiger partial charge in [0.15, 0.2) is 11.5 Å². The second-order valence-electron chi connectivity index (χ2n) is 7.57. The number of rotatable bonds is 3. The van der Waals surface area contributed by atoms with E-state index in [1.165, 1.54) is 60.2 Å². The third-order valence-corrected chi connectivity index (χ3v) is 6.31. The Morgan fingerprint density at radius 2 is 1.64 bits per heavy atom. The van der Waals surface area contributed by atoms with Gasteiger partial charge in [0.2, 0.25) is 0 Å². The fraction of sp³-hybridized carbons (Fsp3) is 0.545. The van der Waals surface area contributed by atoms with Crippen molar-refractivity contribution >= 4 is 0 Å². The van der Waals surface area contributed by atoms with Crippen molar-refractivity contribution in [1.82, 2.24) is 4.57 Å². The summed E-state index contributed by atoms with van der Waals surface area (Å²) < 4.78 is 13.6. The van der Waals surface area contributed by atoms with Crippen molar-refractivity contribution in [3.8, 4) is 22.8 Å². The summed E-state index contributed by atoms with van der Waals surface area (Å²) in [4.78, 5) is 0. The SMILES string of the molecule is COc1cc2c(cc1OC)-c1c(C)c(C3CCCCC3)c(C)n1CC2. The maximum atomic E-state index is 5.58. The summed E-state index contributed by atoms with van der Waals surface area (Å²) in [6.45, 7) is 5.72. The van der Waals surface area contributed by atoms with Gasteiger partial charge in [-0.1, -0.05) is 19.3 Å². The summed E-state index contributed by atoms with van der Waals surface area (Å²) in [5.41, 5.74) is 8.70. The Labute approximate surface area is 151 Å². The van der Waals surface area contributed by atoms with Gasteiger partial charge in [0, 0.05) is 17.8 Å². The summed E-state index contributed by atoms with van der Waals surface area (Å²) in [7, 11) is 3.43. The predicted molar refractivity (Wildman–Crippen MR) is 102 cm³/mol. The summed E-state index contributed by atoms with van der Waals surface area (Å²) in [5, 5.41) is 0. The average Bonchev–Trinajstić information content (AvgIpc) is 2.91. The van der Waals surface area contributed by atoms with E-state index in [2.05, 4.69) is 30.5 Å². The molecule has 3 heteroatoms. The molecule has 1 aliphatic carbocycles. The molecular weight excluding hydrogens is 310 g/mol. The van der Waals surface area contributed by atoms with Crippen molar-refractivity contribution in [3.63, 3.8) is 0 Å². The summed E-state index contributed by atoms with van der Waals surface area (Å²) in [6.07, 6.45) is 7.93. The first-order chi connectivity index (χ1) is 12.2. The van der Waals surface area contributed by atoms with Crippen LogP contribution in [0.15, 0.2) is 12.1 Å². The smallest absolute Gasteiger partial charge is 0.161 e. The van der Waals surface area contributed by atoms with E-state index in [4.69, 9.17) is 9.47 Å². The van der Waals surface area contributed by atoms with Gasteiger partial charge in [0.25, 0.3) is 0 Å². The van der Waals surface area contributed by atoms with Crippen LogP contribution < -0.4 is 9.47 Å². The lowest BCUT2D eigenvalue weighted by atomic mass is 9.82. The topological polar surface area (TPSA) is 23.4 Å². The Morgan fingerprint density at radius 1 is 0.960 bits per heavy atom. The van der Waals surface area contributed by atoms with Crippen LogP contribution in [-0.2, 0) is 13.0 Å². The van der Waals surface area contributed by atoms with Crippen molar-refractivity contribution in [3.05, 3.63) is 34.5 Å². The van der Waals surface area contributed by atoms with E-state index >= 15 is 0 Å². The molecule has 0 radical (unpaired) electrons. The molecule has 0 amide bonds. The molecule has 3 nitrogen and oxygen atoms in total. The lowest BCUT2D eigenvalue weighted by Crippen LogP contribution is -2.13. The number of hydrogen-bond acceptors (Lipinski definition) is 2. The molecule has 2 heterocycles. The van der Waals surface area contributed by atoms with Crippen LogP contribution >= 0.6 is 0 Å². The highest BCUT2D eigenvalue weighted by Gasteiger charge is 2.29. The van der Waals surface area contributed by atoms with Gasteiger partial charge in [0.05, 0.1) is 19.9 Å². The summed E-state index contributed by atoms with van der Waals surface area (Å²) in [6, 6.07) is 4.34. The molecular formula is C22H29NO2. The highest BCUT2D eigenvalue weighted by atomic mass is 16.5. The molecule has 1 aliphatic heterocycles. The maximum absolute atomic E-state index is 5.58. The van der Waals surface area contributed by atoms with Crippen LogP contribution in [0.25, 0.3) is 11.3 Å². The molecule has 2 aliphatic rings. The summed E-state index contributed by atoms with van der Waals surface area (Å²) in [5.74, 6) is 2.41. The van der Waals surface area contributed by atoms with E-state index in [9.17, 15) is 0 Å². The van der Waals surface area contributed by atoms with Crippen molar-refractivity contribution in [2.45, 2.75) is 64.8 Å². The lowest BCUT2D eigenvalue weighted by molar-refractivity contribution is 0.354. The number of benzene rings is 1. The van der Waals surface area contributed by atoms with Crippen LogP contribution in [0, 0.1) is 13.8 Å². The number of nitrogens with zero attached hydrogens (tertiary/aromatic N) is 1. The van der Waals surface area contributed by atoms with Gasteiger partial charge in [-0.3, -0.25) is 0 Å². The first kappa shape index (κ1) is 16.6. The Bertz CT molecular complexity index is 797. The predicted octanol–water partition coefficient (Wildman–Crippen LogP) is 5.39. The van der Waals surface area contributed by atoms with Crippen LogP contribution in [0.3, 0.4) is 0 Å². The van der Waals surface area contributed by atoms with Crippen molar-refractivity contribution in [2.24, 2.45) is 0 Å². The number of fused-ring (bicyclic) bond motifs is 3. The fourth-order valence-electron chi connectivity index (χ4n) is 5.11. The second-order valence-corrected chi connectivity index (χ2v) is 7.57. The van der Waals surface area contributed by atoms with Crippen molar-refractivity contribution < 1.29 is 9.47 Å². The van der Waals surface area contributed by atoms with Gasteiger partial charge in [-0.05, 0) is 67.9 Å². The van der Waals surface area contributed by atoms with E-state index < -0.39 is 0 Å². The molecule has 1 fully saturated rings. The normalized spacial score (nSPS) is 17.1. The molecule has 1 aromatic heterocycles. The molecule has 1 saturated carbocycles. The zero-order chi connectivity index (χ0) is 17.6. The van der Waals surface area contributed by atoms with E-state index in [1.54, 1.807) is 19.8 Å². The Hall–Kier alpha value is -1.90. The minimum Gasteiger partial charge on any atom is -0.493 e. The molecule has 1 aromatic carbocycles. The van der Waals surface area contributed by atoms with Crippen LogP contribution in [0.1, 0.15) is 60.4 Å². The van der Waals surface area contributed by atoms with Crippen molar-refractivity contribution in [1.29, 1.82) is 0 Å². The minimum absolute atomic E-state index is 0.746. The van der Waals surface area contributed by atoms with Gasteiger partial charge in [-0.15, -0.1) is 0 Å². The van der Waals surface area contributed by atoms with E-state index in [1.807, 2.05) is 0 Å². The molecule has 25 heavy (non-hydrogen) atoms. The van der Waals surface area contributed by atoms with Crippen LogP contribution in [0.2, 0.25) is 0 Å². The molecule has 0 atom stereocenters. The van der Waals surface area contributed by atoms with Crippen LogP contribution in [-0.4, -0.2) is 18.8 Å². The first-order valence-corrected chi connectivity index (χ1v) is 9.60. The second kappa shape index (κ2) is 6.44. The largest absolute Gasteiger partial charge is 0.493 e. The highest BCUT2D eigenvalue weighted by molar-refractivity contribution is 5.75. The molecule has 0 saturated heterocycles. The molecule has 2 aromatic rings. The standard InChI is InChI=1S/C22H29NO2/c1-14-21(16-8-6-5-7-9-16)15(2)23-11-10-17-12-19(24-3)20(25-4)13-18(17)22(14)23/h12-13,16H,5-11H2,1-4H3. The molecule has 0 N–H and O–H groups in total. The van der Waals surface area contributed by atoms with E-state index in [-0.39, 0.29) is 0 Å². The summed E-state index contributed by atoms with van der Waals surface area (Å²) >= 11 is 0. The van der Waals surface area contributed by atoms with Crippen molar-refractivity contribution in [2.75, 3.05) is 14.2 Å². The maximum Gasteiger partial charge on any atom is 0.161 e. The Balaban J connectivity index is 1.87. The Morgan fingerprint density at radius 3 is 2.32 bits per heavy atom. The number of methoxy groups -OCH3 is 2. The number of ether oxygens (including phenoxy) is 2. The van der Waals surface area contributed by atoms with Gasteiger partial charge in [-0.25, -0.2) is 0 Å². The number of aromatic nitrogens is 1. The molecule has 134 valence electrons. The molecule has 0 unspecified atom stereocenters. The van der Waals surface area contributed by atoms with Crippen LogP contribution in [0.4, 0.5) is 0 Å². The monoisotopic (exact) mass is 339 g/mol. The molecule has 0 spiro atoms. The quantitative estimate of drug-likeness (QED) is 0.748. The first-order valence-electron chi connectivity index (χ1n) is 9.60. The zero-order valence-corrected chi connectivity index (χ0v) is 15.9. The zero-order valence-electron chi connectivity index (χ0n) is 15.9. The van der Waals surface area contributed by atoms with Gasteiger partial charge < -0.3 is 14.0 Å². The van der Waals surface area contributed by atoms with Gasteiger partial charge in [-0.2, -0.15) is 0 Å². The van der Waals surface area contributed by atoms with Gasteiger partial charge >= 0.3 is 0 Å². The minimum atomic E-state index is 0.746. The third kappa shape index (κ3) is 2.56. The van der Waals surface area contributed by atoms with E-state index in [0.29, 0.717) is 0 Å². The Kier molecular flexibility index (Phi) is 4.26. The van der Waals surface area contributed by atoms with E-state index in [0.717, 1.165) is 30.4 Å². The molecule has 0 bridgehead atoms. The van der Waals surface area contributed by atoms with Gasteiger partial charge in [0.1, 0.15) is 0 Å². The van der Waals surface area contributed by atoms with Crippen LogP contribution in [0.5, 0.6) is 11.5 Å². The number of hydrogen-bond donors (Lipinski definition) is 0.